The number of hydrogen-bond donors (Lipinski definition) is 2. The van der Waals surface area contributed by atoms with Gasteiger partial charge in [0.15, 0.2) is 0 Å². The van der Waals surface area contributed by atoms with Gasteiger partial charge in [0.1, 0.15) is 0 Å². The Morgan fingerprint density at radius 3 is 1.90 bits per heavy atom. The highest BCUT2D eigenvalue weighted by atomic mass is 16.3. The lowest BCUT2D eigenvalue weighted by Gasteiger charge is -2.17. The SMILES string of the molecule is CC(=O)N(CCO)CCO. The molecular formula is C6H13NO3. The van der Waals surface area contributed by atoms with E-state index >= 15 is 0 Å². The number of nitrogens with zero attached hydrogens (tertiary/aromatic N) is 1. The monoisotopic (exact) mass is 147 g/mol. The third kappa shape index (κ3) is 3.42. The van der Waals surface area contributed by atoms with E-state index in [0.717, 1.165) is 0 Å². The van der Waals surface area contributed by atoms with Gasteiger partial charge in [0.25, 0.3) is 0 Å². The molecule has 4 heteroatoms. The second-order valence-electron chi connectivity index (χ2n) is 1.95. The van der Waals surface area contributed by atoms with Crippen LogP contribution in [0.2, 0.25) is 0 Å². The van der Waals surface area contributed by atoms with Crippen molar-refractivity contribution in [2.45, 2.75) is 6.92 Å². The summed E-state index contributed by atoms with van der Waals surface area (Å²) < 4.78 is 0. The molecule has 2 N–H and O–H groups in total. The molecule has 0 aromatic heterocycles. The third-order valence-corrected chi connectivity index (χ3v) is 1.19. The summed E-state index contributed by atoms with van der Waals surface area (Å²) in [6, 6.07) is 0. The zero-order chi connectivity index (χ0) is 7.98. The molecule has 0 aromatic rings. The van der Waals surface area contributed by atoms with Gasteiger partial charge in [-0.2, -0.15) is 0 Å². The average Bonchev–Trinajstić information content (AvgIpc) is 1.87. The van der Waals surface area contributed by atoms with Crippen LogP contribution in [0.1, 0.15) is 6.92 Å². The quantitative estimate of drug-likeness (QED) is 0.526. The van der Waals surface area contributed by atoms with Crippen molar-refractivity contribution in [2.24, 2.45) is 0 Å². The summed E-state index contributed by atoms with van der Waals surface area (Å²) in [4.78, 5) is 12.0. The topological polar surface area (TPSA) is 60.8 Å². The van der Waals surface area contributed by atoms with Crippen molar-refractivity contribution in [3.8, 4) is 0 Å². The van der Waals surface area contributed by atoms with Crippen molar-refractivity contribution < 1.29 is 15.0 Å². The minimum atomic E-state index is -0.122. The lowest BCUT2D eigenvalue weighted by molar-refractivity contribution is -0.129. The summed E-state index contributed by atoms with van der Waals surface area (Å²) in [5.74, 6) is -0.122. The Bertz CT molecular complexity index is 99.2. The van der Waals surface area contributed by atoms with E-state index < -0.39 is 0 Å². The van der Waals surface area contributed by atoms with Gasteiger partial charge < -0.3 is 15.1 Å². The van der Waals surface area contributed by atoms with Crippen molar-refractivity contribution in [1.82, 2.24) is 4.90 Å². The second kappa shape index (κ2) is 5.20. The first-order valence-corrected chi connectivity index (χ1v) is 3.19. The van der Waals surface area contributed by atoms with E-state index in [4.69, 9.17) is 10.2 Å². The van der Waals surface area contributed by atoms with Gasteiger partial charge in [0, 0.05) is 20.0 Å². The van der Waals surface area contributed by atoms with Gasteiger partial charge in [-0.25, -0.2) is 0 Å². The van der Waals surface area contributed by atoms with Crippen LogP contribution in [-0.4, -0.2) is 47.3 Å². The van der Waals surface area contributed by atoms with Crippen molar-refractivity contribution in [2.75, 3.05) is 26.3 Å². The first-order chi connectivity index (χ1) is 4.72. The third-order valence-electron chi connectivity index (χ3n) is 1.19. The maximum absolute atomic E-state index is 10.6. The van der Waals surface area contributed by atoms with Crippen molar-refractivity contribution >= 4 is 5.91 Å². The Hall–Kier alpha value is -0.610. The molecule has 0 bridgehead atoms. The Labute approximate surface area is 60.1 Å². The van der Waals surface area contributed by atoms with Gasteiger partial charge in [-0.15, -0.1) is 0 Å². The zero-order valence-electron chi connectivity index (χ0n) is 6.08. The first kappa shape index (κ1) is 9.39. The minimum absolute atomic E-state index is 0.0560. The molecule has 0 unspecified atom stereocenters. The number of aliphatic hydroxyl groups excluding tert-OH is 2. The number of rotatable bonds is 4. The van der Waals surface area contributed by atoms with Gasteiger partial charge in [-0.05, 0) is 0 Å². The van der Waals surface area contributed by atoms with Crippen LogP contribution in [0.25, 0.3) is 0 Å². The van der Waals surface area contributed by atoms with E-state index in [1.807, 2.05) is 0 Å². The normalized spacial score (nSPS) is 9.50. The first-order valence-electron chi connectivity index (χ1n) is 3.19. The molecule has 0 aliphatic rings. The molecule has 10 heavy (non-hydrogen) atoms. The van der Waals surface area contributed by atoms with Gasteiger partial charge >= 0.3 is 0 Å². The van der Waals surface area contributed by atoms with E-state index in [1.54, 1.807) is 0 Å². The molecule has 0 atom stereocenters. The number of hydrogen-bond acceptors (Lipinski definition) is 3. The molecule has 0 aromatic carbocycles. The standard InChI is InChI=1S/C6H13NO3/c1-6(10)7(2-4-8)3-5-9/h8-9H,2-5H2,1H3. The van der Waals surface area contributed by atoms with Crippen LogP contribution in [0, 0.1) is 0 Å². The predicted molar refractivity (Wildman–Crippen MR) is 36.4 cm³/mol. The molecule has 0 aliphatic carbocycles. The largest absolute Gasteiger partial charge is 0.395 e. The summed E-state index contributed by atoms with van der Waals surface area (Å²) in [5, 5.41) is 16.9. The van der Waals surface area contributed by atoms with Crippen LogP contribution in [0.5, 0.6) is 0 Å². The second-order valence-corrected chi connectivity index (χ2v) is 1.95. The summed E-state index contributed by atoms with van der Waals surface area (Å²) in [6.07, 6.45) is 0. The lowest BCUT2D eigenvalue weighted by Crippen LogP contribution is -2.33. The molecule has 0 spiro atoms. The Morgan fingerprint density at radius 2 is 1.70 bits per heavy atom. The molecule has 4 nitrogen and oxygen atoms in total. The summed E-state index contributed by atoms with van der Waals surface area (Å²) in [7, 11) is 0. The predicted octanol–water partition coefficient (Wildman–Crippen LogP) is -1.18. The zero-order valence-corrected chi connectivity index (χ0v) is 6.08. The van der Waals surface area contributed by atoms with Gasteiger partial charge in [-0.3, -0.25) is 4.79 Å². The number of amides is 1. The minimum Gasteiger partial charge on any atom is -0.395 e. The Kier molecular flexibility index (Phi) is 4.88. The fourth-order valence-electron chi connectivity index (χ4n) is 0.668. The van der Waals surface area contributed by atoms with Crippen LogP contribution >= 0.6 is 0 Å². The van der Waals surface area contributed by atoms with Crippen LogP contribution in [0.3, 0.4) is 0 Å². The number of carbonyl (C=O) groups is 1. The molecule has 0 heterocycles. The number of aliphatic hydroxyl groups is 2. The molecule has 60 valence electrons. The fraction of sp³-hybridized carbons (Fsp3) is 0.833. The molecule has 0 saturated carbocycles. The van der Waals surface area contributed by atoms with Crippen molar-refractivity contribution in [3.63, 3.8) is 0 Å². The van der Waals surface area contributed by atoms with E-state index in [0.29, 0.717) is 13.1 Å². The van der Waals surface area contributed by atoms with Crippen LogP contribution < -0.4 is 0 Å². The highest BCUT2D eigenvalue weighted by Crippen LogP contribution is 1.86. The molecular weight excluding hydrogens is 134 g/mol. The van der Waals surface area contributed by atoms with Gasteiger partial charge in [0.05, 0.1) is 13.2 Å². The van der Waals surface area contributed by atoms with Crippen molar-refractivity contribution in [1.29, 1.82) is 0 Å². The van der Waals surface area contributed by atoms with Crippen molar-refractivity contribution in [3.05, 3.63) is 0 Å². The Morgan fingerprint density at radius 1 is 1.30 bits per heavy atom. The molecule has 0 fully saturated rings. The molecule has 0 radical (unpaired) electrons. The van der Waals surface area contributed by atoms with Gasteiger partial charge in [-0.1, -0.05) is 0 Å². The fourth-order valence-corrected chi connectivity index (χ4v) is 0.668. The van der Waals surface area contributed by atoms with E-state index in [9.17, 15) is 4.79 Å². The average molecular weight is 147 g/mol. The van der Waals surface area contributed by atoms with Gasteiger partial charge in [0.2, 0.25) is 5.91 Å². The summed E-state index contributed by atoms with van der Waals surface area (Å²) in [5.41, 5.74) is 0. The van der Waals surface area contributed by atoms with E-state index in [2.05, 4.69) is 0 Å². The molecule has 0 saturated heterocycles. The molecule has 0 aliphatic heterocycles. The molecule has 0 rings (SSSR count). The maximum Gasteiger partial charge on any atom is 0.219 e. The number of carbonyl (C=O) groups excluding carboxylic acids is 1. The highest BCUT2D eigenvalue weighted by Gasteiger charge is 2.04. The lowest BCUT2D eigenvalue weighted by atomic mass is 10.4. The highest BCUT2D eigenvalue weighted by molar-refractivity contribution is 5.73. The van der Waals surface area contributed by atoms with Crippen LogP contribution in [-0.2, 0) is 4.79 Å². The maximum atomic E-state index is 10.6. The van der Waals surface area contributed by atoms with Crippen LogP contribution in [0.4, 0.5) is 0 Å². The summed E-state index contributed by atoms with van der Waals surface area (Å²) >= 11 is 0. The summed E-state index contributed by atoms with van der Waals surface area (Å²) in [6.45, 7) is 1.90. The van der Waals surface area contributed by atoms with E-state index in [1.165, 1.54) is 11.8 Å². The van der Waals surface area contributed by atoms with E-state index in [-0.39, 0.29) is 19.1 Å². The smallest absolute Gasteiger partial charge is 0.219 e. The Balaban J connectivity index is 3.61. The van der Waals surface area contributed by atoms with Crippen LogP contribution in [0.15, 0.2) is 0 Å². The molecule has 1 amide bonds.